The Kier molecular flexibility index (Phi) is 6.01. The van der Waals surface area contributed by atoms with Gasteiger partial charge in [0.05, 0.1) is 7.11 Å². The molecule has 0 saturated heterocycles. The van der Waals surface area contributed by atoms with Crippen molar-refractivity contribution in [2.45, 2.75) is 77.8 Å². The minimum Gasteiger partial charge on any atom is -0.544 e. The van der Waals surface area contributed by atoms with E-state index in [1.165, 1.54) is 0 Å². The van der Waals surface area contributed by atoms with Crippen LogP contribution in [0.3, 0.4) is 0 Å². The minimum absolute atomic E-state index is 0.140. The van der Waals surface area contributed by atoms with E-state index in [0.29, 0.717) is 5.95 Å². The van der Waals surface area contributed by atoms with Gasteiger partial charge in [-0.1, -0.05) is 41.5 Å². The molecular formula is C15H34O3Si2. The summed E-state index contributed by atoms with van der Waals surface area (Å²) in [7, 11) is -2.08. The van der Waals surface area contributed by atoms with Crippen LogP contribution in [0.5, 0.6) is 0 Å². The largest absolute Gasteiger partial charge is 0.544 e. The lowest BCUT2D eigenvalue weighted by Crippen LogP contribution is -2.41. The normalized spacial score (nSPS) is 15.1. The van der Waals surface area contributed by atoms with Crippen molar-refractivity contribution < 1.29 is 13.6 Å². The number of methoxy groups -OCH3 is 1. The number of hydrogen-bond donors (Lipinski definition) is 0. The Balaban J connectivity index is 5.01. The van der Waals surface area contributed by atoms with Gasteiger partial charge in [-0.25, -0.2) is 0 Å². The molecular weight excluding hydrogens is 284 g/mol. The summed E-state index contributed by atoms with van der Waals surface area (Å²) in [6, 6.07) is 0. The highest BCUT2D eigenvalue weighted by atomic mass is 28.4. The monoisotopic (exact) mass is 318 g/mol. The number of rotatable bonds is 5. The second-order valence-corrected chi connectivity index (χ2v) is 17.9. The molecule has 0 N–H and O–H groups in total. The van der Waals surface area contributed by atoms with Gasteiger partial charge < -0.3 is 13.6 Å². The summed E-state index contributed by atoms with van der Waals surface area (Å²) in [4.78, 5) is 0. The van der Waals surface area contributed by atoms with E-state index in [2.05, 4.69) is 67.7 Å². The molecule has 0 rings (SSSR count). The average molecular weight is 319 g/mol. The van der Waals surface area contributed by atoms with Crippen molar-refractivity contribution >= 4 is 16.6 Å². The molecule has 0 unspecified atom stereocenters. The van der Waals surface area contributed by atoms with Crippen molar-refractivity contribution in [3.05, 3.63) is 12.2 Å². The quantitative estimate of drug-likeness (QED) is 0.496. The zero-order valence-corrected chi connectivity index (χ0v) is 17.3. The predicted octanol–water partition coefficient (Wildman–Crippen LogP) is 5.48. The van der Waals surface area contributed by atoms with E-state index in [0.717, 1.165) is 0 Å². The Hall–Kier alpha value is -0.426. The summed E-state index contributed by atoms with van der Waals surface area (Å²) in [5.74, 6) is 0.501. The first-order valence-corrected chi connectivity index (χ1v) is 13.1. The average Bonchev–Trinajstić information content (AvgIpc) is 2.20. The van der Waals surface area contributed by atoms with E-state index < -0.39 is 16.6 Å². The van der Waals surface area contributed by atoms with Crippen molar-refractivity contribution in [1.29, 1.82) is 0 Å². The molecule has 0 aliphatic rings. The van der Waals surface area contributed by atoms with E-state index in [-0.39, 0.29) is 10.1 Å². The standard InChI is InChI=1S/C15H34O3Si2/c1-14(2,3)19(8,9)17-12-13(16-7)18-20(10,11)15(4,5)6/h12H,1-11H3. The van der Waals surface area contributed by atoms with Crippen LogP contribution in [0.1, 0.15) is 41.5 Å². The van der Waals surface area contributed by atoms with Crippen molar-refractivity contribution in [2.24, 2.45) is 0 Å². The summed E-state index contributed by atoms with van der Waals surface area (Å²) in [6.45, 7) is 22.1. The third kappa shape index (κ3) is 5.16. The Labute approximate surface area is 128 Å². The fraction of sp³-hybridized carbons (Fsp3) is 0.867. The van der Waals surface area contributed by atoms with Gasteiger partial charge in [0.25, 0.3) is 14.3 Å². The molecule has 0 atom stereocenters. The Morgan fingerprint density at radius 2 is 1.20 bits per heavy atom. The molecule has 0 fully saturated rings. The summed E-state index contributed by atoms with van der Waals surface area (Å²) in [6.07, 6.45) is 1.68. The van der Waals surface area contributed by atoms with Crippen molar-refractivity contribution in [3.63, 3.8) is 0 Å². The molecule has 5 heteroatoms. The maximum Gasteiger partial charge on any atom is 0.299 e. The molecule has 20 heavy (non-hydrogen) atoms. The lowest BCUT2D eigenvalue weighted by Gasteiger charge is -2.37. The molecule has 0 aliphatic heterocycles. The first-order chi connectivity index (χ1) is 8.64. The Bertz CT molecular complexity index is 347. The van der Waals surface area contributed by atoms with Gasteiger partial charge in [0.2, 0.25) is 8.32 Å². The second kappa shape index (κ2) is 6.14. The van der Waals surface area contributed by atoms with Gasteiger partial charge >= 0.3 is 0 Å². The van der Waals surface area contributed by atoms with E-state index in [9.17, 15) is 0 Å². The van der Waals surface area contributed by atoms with E-state index in [4.69, 9.17) is 13.6 Å². The number of ether oxygens (including phenoxy) is 1. The molecule has 120 valence electrons. The molecule has 0 heterocycles. The van der Waals surface area contributed by atoms with Gasteiger partial charge in [0.1, 0.15) is 6.26 Å². The Morgan fingerprint density at radius 1 is 0.800 bits per heavy atom. The molecule has 0 spiro atoms. The SMILES string of the molecule is COC(=CO[Si](C)(C)C(C)(C)C)O[Si](C)(C)C(C)(C)C. The van der Waals surface area contributed by atoms with E-state index in [1.54, 1.807) is 13.4 Å². The molecule has 0 saturated carbocycles. The first-order valence-electron chi connectivity index (χ1n) is 7.25. The lowest BCUT2D eigenvalue weighted by molar-refractivity contribution is 0.128. The van der Waals surface area contributed by atoms with Crippen LogP contribution in [0.15, 0.2) is 12.2 Å². The smallest absolute Gasteiger partial charge is 0.299 e. The highest BCUT2D eigenvalue weighted by Gasteiger charge is 2.41. The van der Waals surface area contributed by atoms with Crippen LogP contribution < -0.4 is 0 Å². The first kappa shape index (κ1) is 19.6. The van der Waals surface area contributed by atoms with Crippen LogP contribution in [0, 0.1) is 0 Å². The fourth-order valence-electron chi connectivity index (χ4n) is 0.891. The molecule has 0 bridgehead atoms. The molecule has 0 amide bonds. The summed E-state index contributed by atoms with van der Waals surface area (Å²) < 4.78 is 17.5. The fourth-order valence-corrected chi connectivity index (χ4v) is 2.58. The Morgan fingerprint density at radius 3 is 1.50 bits per heavy atom. The molecule has 0 aromatic rings. The van der Waals surface area contributed by atoms with Crippen LogP contribution in [-0.2, 0) is 13.6 Å². The van der Waals surface area contributed by atoms with Crippen LogP contribution >= 0.6 is 0 Å². The third-order valence-electron chi connectivity index (χ3n) is 4.62. The van der Waals surface area contributed by atoms with Gasteiger partial charge in [-0.3, -0.25) is 0 Å². The number of hydrogen-bond acceptors (Lipinski definition) is 3. The second-order valence-electron chi connectivity index (χ2n) is 8.38. The van der Waals surface area contributed by atoms with Crippen molar-refractivity contribution in [2.75, 3.05) is 7.11 Å². The highest BCUT2D eigenvalue weighted by molar-refractivity contribution is 6.74. The van der Waals surface area contributed by atoms with Gasteiger partial charge in [0.15, 0.2) is 0 Å². The molecule has 0 aliphatic carbocycles. The van der Waals surface area contributed by atoms with Crippen LogP contribution in [0.4, 0.5) is 0 Å². The summed E-state index contributed by atoms with van der Waals surface area (Å²) in [5.41, 5.74) is 0. The molecule has 0 aromatic heterocycles. The molecule has 0 aromatic carbocycles. The zero-order chi connectivity index (χ0) is 16.4. The van der Waals surface area contributed by atoms with E-state index >= 15 is 0 Å². The van der Waals surface area contributed by atoms with Gasteiger partial charge in [-0.2, -0.15) is 0 Å². The highest BCUT2D eigenvalue weighted by Crippen LogP contribution is 2.39. The summed E-state index contributed by atoms with van der Waals surface area (Å²) in [5, 5.41) is 0.306. The van der Waals surface area contributed by atoms with Crippen molar-refractivity contribution in [1.82, 2.24) is 0 Å². The lowest BCUT2D eigenvalue weighted by atomic mass is 10.2. The maximum absolute atomic E-state index is 6.13. The predicted molar refractivity (Wildman–Crippen MR) is 91.7 cm³/mol. The van der Waals surface area contributed by atoms with Gasteiger partial charge in [-0.15, -0.1) is 0 Å². The van der Waals surface area contributed by atoms with Crippen molar-refractivity contribution in [3.8, 4) is 0 Å². The van der Waals surface area contributed by atoms with Gasteiger partial charge in [-0.05, 0) is 36.3 Å². The molecule has 3 nitrogen and oxygen atoms in total. The van der Waals surface area contributed by atoms with E-state index in [1.807, 2.05) is 0 Å². The zero-order valence-electron chi connectivity index (χ0n) is 15.3. The topological polar surface area (TPSA) is 27.7 Å². The maximum atomic E-state index is 6.13. The van der Waals surface area contributed by atoms with Crippen LogP contribution in [0.2, 0.25) is 36.3 Å². The summed E-state index contributed by atoms with van der Waals surface area (Å²) >= 11 is 0. The van der Waals surface area contributed by atoms with Crippen LogP contribution in [0.25, 0.3) is 0 Å². The minimum atomic E-state index is -1.89. The van der Waals surface area contributed by atoms with Gasteiger partial charge in [0, 0.05) is 0 Å². The van der Waals surface area contributed by atoms with Crippen LogP contribution in [-0.4, -0.2) is 23.7 Å². The molecule has 0 radical (unpaired) electrons. The third-order valence-corrected chi connectivity index (χ3v) is 13.3.